The molecule has 1 N–H and O–H groups in total. The smallest absolute Gasteiger partial charge is 0.134 e. The van der Waals surface area contributed by atoms with Crippen molar-refractivity contribution in [2.45, 2.75) is 12.3 Å². The van der Waals surface area contributed by atoms with E-state index in [9.17, 15) is 0 Å². The second-order valence-electron chi connectivity index (χ2n) is 4.25. The molecule has 2 heteroatoms. The molecule has 2 nitrogen and oxygen atoms in total. The van der Waals surface area contributed by atoms with Crippen LogP contribution in [0.1, 0.15) is 23.4 Å². The maximum absolute atomic E-state index is 5.79. The molecule has 0 spiro atoms. The molecule has 0 saturated carbocycles. The molecule has 17 heavy (non-hydrogen) atoms. The summed E-state index contributed by atoms with van der Waals surface area (Å²) in [4.78, 5) is 0. The predicted molar refractivity (Wildman–Crippen MR) is 67.5 cm³/mol. The van der Waals surface area contributed by atoms with Crippen LogP contribution in [0, 0.1) is 0 Å². The van der Waals surface area contributed by atoms with Crippen molar-refractivity contribution in [3.05, 3.63) is 71.8 Å². The lowest BCUT2D eigenvalue weighted by Crippen LogP contribution is -2.18. The Kier molecular flexibility index (Phi) is 2.90. The van der Waals surface area contributed by atoms with Crippen LogP contribution in [0.25, 0.3) is 0 Å². The van der Waals surface area contributed by atoms with Crippen LogP contribution in [0.15, 0.2) is 60.7 Å². The molecule has 0 radical (unpaired) electrons. The molecule has 2 aromatic rings. The highest BCUT2D eigenvalue weighted by Gasteiger charge is 2.26. The summed E-state index contributed by atoms with van der Waals surface area (Å²) in [6, 6.07) is 21.0. The van der Waals surface area contributed by atoms with Crippen LogP contribution in [-0.4, -0.2) is 6.61 Å². The lowest BCUT2D eigenvalue weighted by atomic mass is 10.1. The van der Waals surface area contributed by atoms with Crippen molar-refractivity contribution in [1.29, 1.82) is 0 Å². The molecule has 0 unspecified atom stereocenters. The molecule has 1 aliphatic heterocycles. The maximum Gasteiger partial charge on any atom is 0.134 e. The van der Waals surface area contributed by atoms with Gasteiger partial charge in [-0.1, -0.05) is 60.7 Å². The summed E-state index contributed by atoms with van der Waals surface area (Å²) in [6.45, 7) is 0.726. The molecule has 0 aliphatic carbocycles. The second-order valence-corrected chi connectivity index (χ2v) is 4.25. The first-order chi connectivity index (χ1) is 8.43. The van der Waals surface area contributed by atoms with Gasteiger partial charge >= 0.3 is 0 Å². The number of benzene rings is 2. The molecular formula is C15H15NO. The lowest BCUT2D eigenvalue weighted by Gasteiger charge is -2.12. The molecule has 3 rings (SSSR count). The van der Waals surface area contributed by atoms with E-state index >= 15 is 0 Å². The Morgan fingerprint density at radius 2 is 1.41 bits per heavy atom. The fourth-order valence-electron chi connectivity index (χ4n) is 2.17. The molecule has 1 aliphatic rings. The quantitative estimate of drug-likeness (QED) is 0.848. The summed E-state index contributed by atoms with van der Waals surface area (Å²) < 4.78 is 5.79. The highest BCUT2D eigenvalue weighted by Crippen LogP contribution is 2.27. The summed E-state index contributed by atoms with van der Waals surface area (Å²) in [5.41, 5.74) is 2.47. The predicted octanol–water partition coefficient (Wildman–Crippen LogP) is 3.05. The number of hydrogen-bond acceptors (Lipinski definition) is 2. The van der Waals surface area contributed by atoms with Gasteiger partial charge in [0.1, 0.15) is 6.23 Å². The minimum absolute atomic E-state index is 0.0152. The average molecular weight is 225 g/mol. The minimum atomic E-state index is 0.0152. The monoisotopic (exact) mass is 225 g/mol. The van der Waals surface area contributed by atoms with Crippen LogP contribution in [0.4, 0.5) is 0 Å². The van der Waals surface area contributed by atoms with Crippen molar-refractivity contribution >= 4 is 0 Å². The number of hydrogen-bond donors (Lipinski definition) is 1. The molecule has 1 heterocycles. The topological polar surface area (TPSA) is 21.3 Å². The van der Waals surface area contributed by atoms with E-state index in [-0.39, 0.29) is 6.23 Å². The van der Waals surface area contributed by atoms with Crippen LogP contribution in [-0.2, 0) is 4.74 Å². The Morgan fingerprint density at radius 1 is 0.824 bits per heavy atom. The van der Waals surface area contributed by atoms with Gasteiger partial charge in [-0.25, -0.2) is 0 Å². The van der Waals surface area contributed by atoms with E-state index in [2.05, 4.69) is 41.7 Å². The van der Waals surface area contributed by atoms with Gasteiger partial charge in [-0.05, 0) is 11.1 Å². The van der Waals surface area contributed by atoms with Crippen LogP contribution in [0.5, 0.6) is 0 Å². The van der Waals surface area contributed by atoms with E-state index in [0.717, 1.165) is 6.61 Å². The van der Waals surface area contributed by atoms with Crippen LogP contribution in [0.3, 0.4) is 0 Å². The summed E-state index contributed by atoms with van der Waals surface area (Å²) in [5.74, 6) is 0. The van der Waals surface area contributed by atoms with E-state index in [1.807, 2.05) is 24.3 Å². The van der Waals surface area contributed by atoms with Gasteiger partial charge < -0.3 is 4.74 Å². The molecule has 0 aromatic heterocycles. The molecule has 0 amide bonds. The SMILES string of the molecule is c1ccc([C@@H]2N[C@@H](c3ccccc3)CO2)cc1. The summed E-state index contributed by atoms with van der Waals surface area (Å²) >= 11 is 0. The van der Waals surface area contributed by atoms with Gasteiger partial charge in [0.15, 0.2) is 0 Å². The molecule has 2 atom stereocenters. The highest BCUT2D eigenvalue weighted by molar-refractivity contribution is 5.23. The third kappa shape index (κ3) is 2.23. The fourth-order valence-corrected chi connectivity index (χ4v) is 2.17. The molecule has 2 aromatic carbocycles. The second kappa shape index (κ2) is 4.70. The Labute approximate surface area is 101 Å². The summed E-state index contributed by atoms with van der Waals surface area (Å²) in [6.07, 6.45) is 0.0152. The van der Waals surface area contributed by atoms with Crippen molar-refractivity contribution < 1.29 is 4.74 Å². The van der Waals surface area contributed by atoms with Crippen molar-refractivity contribution in [2.75, 3.05) is 6.61 Å². The van der Waals surface area contributed by atoms with Crippen molar-refractivity contribution in [3.63, 3.8) is 0 Å². The van der Waals surface area contributed by atoms with E-state index in [0.29, 0.717) is 6.04 Å². The van der Waals surface area contributed by atoms with Crippen LogP contribution < -0.4 is 5.32 Å². The van der Waals surface area contributed by atoms with E-state index in [1.54, 1.807) is 0 Å². The highest BCUT2D eigenvalue weighted by atomic mass is 16.5. The van der Waals surface area contributed by atoms with Gasteiger partial charge in [0, 0.05) is 0 Å². The summed E-state index contributed by atoms with van der Waals surface area (Å²) in [7, 11) is 0. The third-order valence-electron chi connectivity index (χ3n) is 3.09. The van der Waals surface area contributed by atoms with Crippen LogP contribution in [0.2, 0.25) is 0 Å². The number of ether oxygens (including phenoxy) is 1. The third-order valence-corrected chi connectivity index (χ3v) is 3.09. The number of rotatable bonds is 2. The van der Waals surface area contributed by atoms with Gasteiger partial charge in [-0.2, -0.15) is 0 Å². The summed E-state index contributed by atoms with van der Waals surface area (Å²) in [5, 5.41) is 3.50. The van der Waals surface area contributed by atoms with Crippen molar-refractivity contribution in [3.8, 4) is 0 Å². The zero-order chi connectivity index (χ0) is 11.5. The fraction of sp³-hybridized carbons (Fsp3) is 0.200. The maximum atomic E-state index is 5.79. The molecule has 1 saturated heterocycles. The molecule has 0 bridgehead atoms. The van der Waals surface area contributed by atoms with Gasteiger partial charge in [-0.15, -0.1) is 0 Å². The molecular weight excluding hydrogens is 210 g/mol. The van der Waals surface area contributed by atoms with E-state index < -0.39 is 0 Å². The minimum Gasteiger partial charge on any atom is -0.357 e. The van der Waals surface area contributed by atoms with Crippen molar-refractivity contribution in [2.24, 2.45) is 0 Å². The Bertz CT molecular complexity index is 423. The first-order valence-corrected chi connectivity index (χ1v) is 5.91. The van der Waals surface area contributed by atoms with E-state index in [1.165, 1.54) is 11.1 Å². The Hall–Kier alpha value is -1.64. The van der Waals surface area contributed by atoms with Gasteiger partial charge in [0.2, 0.25) is 0 Å². The van der Waals surface area contributed by atoms with Crippen molar-refractivity contribution in [1.82, 2.24) is 5.32 Å². The normalized spacial score (nSPS) is 23.8. The van der Waals surface area contributed by atoms with Crippen LogP contribution >= 0.6 is 0 Å². The molecule has 86 valence electrons. The zero-order valence-corrected chi connectivity index (χ0v) is 9.54. The van der Waals surface area contributed by atoms with Gasteiger partial charge in [0.05, 0.1) is 12.6 Å². The zero-order valence-electron chi connectivity index (χ0n) is 9.54. The first kappa shape index (κ1) is 10.5. The molecule has 1 fully saturated rings. The number of nitrogens with one attached hydrogen (secondary N) is 1. The van der Waals surface area contributed by atoms with Gasteiger partial charge in [-0.3, -0.25) is 5.32 Å². The first-order valence-electron chi connectivity index (χ1n) is 5.91. The van der Waals surface area contributed by atoms with Gasteiger partial charge in [0.25, 0.3) is 0 Å². The lowest BCUT2D eigenvalue weighted by molar-refractivity contribution is 0.101. The Morgan fingerprint density at radius 3 is 2.06 bits per heavy atom. The largest absolute Gasteiger partial charge is 0.357 e. The average Bonchev–Trinajstić information content (AvgIpc) is 2.90. The standard InChI is InChI=1S/C15H15NO/c1-3-7-12(8-4-1)14-11-17-15(16-14)13-9-5-2-6-10-13/h1-10,14-16H,11H2/t14-,15-/m1/s1. The van der Waals surface area contributed by atoms with E-state index in [4.69, 9.17) is 4.74 Å². The Balaban J connectivity index is 1.75.